The number of hydrogen-bond acceptors (Lipinski definition) is 4. The van der Waals surface area contributed by atoms with Crippen molar-refractivity contribution >= 4 is 29.0 Å². The fourth-order valence-corrected chi connectivity index (χ4v) is 3.00. The van der Waals surface area contributed by atoms with E-state index in [4.69, 9.17) is 5.73 Å². The maximum atomic E-state index is 12.1. The molecule has 1 unspecified atom stereocenters. The molecule has 1 aliphatic rings. The Balaban J connectivity index is 2.00. The van der Waals surface area contributed by atoms with Crippen LogP contribution in [0.5, 0.6) is 0 Å². The third-order valence-electron chi connectivity index (χ3n) is 2.75. The molecule has 90 valence electrons. The summed E-state index contributed by atoms with van der Waals surface area (Å²) in [5.74, 6) is -0.0795. The van der Waals surface area contributed by atoms with Crippen LogP contribution in [-0.4, -0.2) is 10.9 Å². The molecule has 18 heavy (non-hydrogen) atoms. The highest BCUT2D eigenvalue weighted by Crippen LogP contribution is 2.45. The normalized spacial score (nSPS) is 18.0. The highest BCUT2D eigenvalue weighted by atomic mass is 32.2. The van der Waals surface area contributed by atoms with Crippen molar-refractivity contribution in [3.8, 4) is 0 Å². The molecule has 2 heterocycles. The first-order valence-electron chi connectivity index (χ1n) is 5.52. The minimum Gasteiger partial charge on any atom is -0.397 e. The molecule has 1 aliphatic heterocycles. The Labute approximate surface area is 109 Å². The van der Waals surface area contributed by atoms with E-state index in [0.29, 0.717) is 11.4 Å². The average Bonchev–Trinajstić information content (AvgIpc) is 2.40. The second kappa shape index (κ2) is 4.34. The second-order valence-electron chi connectivity index (χ2n) is 3.96. The summed E-state index contributed by atoms with van der Waals surface area (Å²) in [6.45, 7) is 0. The molecule has 3 N–H and O–H groups in total. The number of nitrogens with two attached hydrogens (primary N) is 1. The Bertz CT molecular complexity index is 600. The smallest absolute Gasteiger partial charge is 0.244 e. The van der Waals surface area contributed by atoms with E-state index in [1.165, 1.54) is 11.8 Å². The molecule has 1 amide bonds. The van der Waals surface area contributed by atoms with E-state index in [9.17, 15) is 4.79 Å². The van der Waals surface area contributed by atoms with E-state index in [1.807, 2.05) is 30.3 Å². The molecule has 1 aromatic carbocycles. The van der Waals surface area contributed by atoms with Crippen LogP contribution in [0.1, 0.15) is 10.9 Å². The average molecular weight is 257 g/mol. The van der Waals surface area contributed by atoms with Gasteiger partial charge in [0.05, 0.1) is 17.1 Å². The SMILES string of the molecule is Nc1cccc2c1NC(=O)C(c1ccccn1)S2. The fraction of sp³-hybridized carbons (Fsp3) is 0.0769. The van der Waals surface area contributed by atoms with Gasteiger partial charge in [-0.2, -0.15) is 0 Å². The molecule has 0 saturated heterocycles. The number of carbonyl (C=O) groups excluding carboxylic acids is 1. The van der Waals surface area contributed by atoms with Gasteiger partial charge in [0, 0.05) is 11.1 Å². The molecule has 0 spiro atoms. The number of carbonyl (C=O) groups is 1. The first-order chi connectivity index (χ1) is 8.75. The van der Waals surface area contributed by atoms with Gasteiger partial charge in [0.15, 0.2) is 0 Å². The molecule has 0 aliphatic carbocycles. The van der Waals surface area contributed by atoms with Gasteiger partial charge in [0.1, 0.15) is 5.25 Å². The number of para-hydroxylation sites is 1. The van der Waals surface area contributed by atoms with Gasteiger partial charge in [-0.25, -0.2) is 0 Å². The van der Waals surface area contributed by atoms with Crippen LogP contribution in [0, 0.1) is 0 Å². The van der Waals surface area contributed by atoms with Gasteiger partial charge in [-0.15, -0.1) is 11.8 Å². The second-order valence-corrected chi connectivity index (χ2v) is 5.11. The van der Waals surface area contributed by atoms with E-state index in [1.54, 1.807) is 12.3 Å². The van der Waals surface area contributed by atoms with Gasteiger partial charge in [0.2, 0.25) is 5.91 Å². The minimum absolute atomic E-state index is 0.0795. The van der Waals surface area contributed by atoms with Crippen LogP contribution in [0.4, 0.5) is 11.4 Å². The number of rotatable bonds is 1. The Hall–Kier alpha value is -2.01. The van der Waals surface area contributed by atoms with Crippen LogP contribution >= 0.6 is 11.8 Å². The van der Waals surface area contributed by atoms with Crippen LogP contribution in [0.2, 0.25) is 0 Å². The summed E-state index contributed by atoms with van der Waals surface area (Å²) in [6, 6.07) is 11.2. The summed E-state index contributed by atoms with van der Waals surface area (Å²) < 4.78 is 0. The number of nitrogens with zero attached hydrogens (tertiary/aromatic N) is 1. The topological polar surface area (TPSA) is 68.0 Å². The lowest BCUT2D eigenvalue weighted by atomic mass is 10.2. The first-order valence-corrected chi connectivity index (χ1v) is 6.40. The van der Waals surface area contributed by atoms with Crippen molar-refractivity contribution in [3.05, 3.63) is 48.3 Å². The van der Waals surface area contributed by atoms with E-state index in [-0.39, 0.29) is 11.2 Å². The zero-order valence-corrected chi connectivity index (χ0v) is 10.3. The molecule has 1 aromatic heterocycles. The third kappa shape index (κ3) is 1.82. The predicted octanol–water partition coefficient (Wildman–Crippen LogP) is 2.45. The number of nitrogens with one attached hydrogen (secondary N) is 1. The van der Waals surface area contributed by atoms with E-state index >= 15 is 0 Å². The lowest BCUT2D eigenvalue weighted by molar-refractivity contribution is -0.116. The summed E-state index contributed by atoms with van der Waals surface area (Å²) in [4.78, 5) is 17.3. The molecule has 0 radical (unpaired) electrons. The molecular weight excluding hydrogens is 246 g/mol. The summed E-state index contributed by atoms with van der Waals surface area (Å²) in [6.07, 6.45) is 1.69. The van der Waals surface area contributed by atoms with Crippen molar-refractivity contribution in [2.45, 2.75) is 10.1 Å². The zero-order valence-electron chi connectivity index (χ0n) is 9.46. The third-order valence-corrected chi connectivity index (χ3v) is 4.03. The highest BCUT2D eigenvalue weighted by Gasteiger charge is 2.30. The van der Waals surface area contributed by atoms with Crippen molar-refractivity contribution in [3.63, 3.8) is 0 Å². The van der Waals surface area contributed by atoms with Gasteiger partial charge in [0.25, 0.3) is 0 Å². The van der Waals surface area contributed by atoms with Crippen molar-refractivity contribution in [2.24, 2.45) is 0 Å². The molecular formula is C13H11N3OS. The van der Waals surface area contributed by atoms with Crippen LogP contribution in [0.3, 0.4) is 0 Å². The molecule has 0 bridgehead atoms. The van der Waals surface area contributed by atoms with Gasteiger partial charge >= 0.3 is 0 Å². The summed E-state index contributed by atoms with van der Waals surface area (Å²) >= 11 is 1.48. The van der Waals surface area contributed by atoms with Crippen molar-refractivity contribution in [2.75, 3.05) is 11.1 Å². The summed E-state index contributed by atoms with van der Waals surface area (Å²) in [7, 11) is 0. The number of fused-ring (bicyclic) bond motifs is 1. The van der Waals surface area contributed by atoms with Gasteiger partial charge < -0.3 is 11.1 Å². The Morgan fingerprint density at radius 2 is 2.11 bits per heavy atom. The molecule has 1 atom stereocenters. The van der Waals surface area contributed by atoms with Gasteiger partial charge in [-0.1, -0.05) is 12.1 Å². The van der Waals surface area contributed by atoms with Crippen LogP contribution in [0.15, 0.2) is 47.5 Å². The van der Waals surface area contributed by atoms with Gasteiger partial charge in [-0.05, 0) is 24.3 Å². The quantitative estimate of drug-likeness (QED) is 0.770. The minimum atomic E-state index is -0.319. The molecule has 4 nitrogen and oxygen atoms in total. The van der Waals surface area contributed by atoms with Crippen molar-refractivity contribution < 1.29 is 4.79 Å². The molecule has 0 saturated carbocycles. The zero-order chi connectivity index (χ0) is 12.5. The van der Waals surface area contributed by atoms with Crippen molar-refractivity contribution in [1.29, 1.82) is 0 Å². The molecule has 5 heteroatoms. The first kappa shape index (κ1) is 11.1. The largest absolute Gasteiger partial charge is 0.397 e. The monoisotopic (exact) mass is 257 g/mol. The predicted molar refractivity (Wildman–Crippen MR) is 72.3 cm³/mol. The standard InChI is InChI=1S/C13H11N3OS/c14-8-4-3-6-10-11(8)16-13(17)12(18-10)9-5-1-2-7-15-9/h1-7,12H,14H2,(H,16,17). The lowest BCUT2D eigenvalue weighted by Gasteiger charge is -2.24. The fourth-order valence-electron chi connectivity index (χ4n) is 1.88. The highest BCUT2D eigenvalue weighted by molar-refractivity contribution is 8.00. The van der Waals surface area contributed by atoms with E-state index in [2.05, 4.69) is 10.3 Å². The number of thioether (sulfide) groups is 1. The molecule has 0 fully saturated rings. The lowest BCUT2D eigenvalue weighted by Crippen LogP contribution is -2.24. The van der Waals surface area contributed by atoms with Crippen LogP contribution < -0.4 is 11.1 Å². The number of benzene rings is 1. The number of nitrogen functional groups attached to an aromatic ring is 1. The van der Waals surface area contributed by atoms with Gasteiger partial charge in [-0.3, -0.25) is 9.78 Å². The summed E-state index contributed by atoms with van der Waals surface area (Å²) in [5.41, 5.74) is 7.90. The Morgan fingerprint density at radius 3 is 2.89 bits per heavy atom. The number of hydrogen-bond donors (Lipinski definition) is 2. The van der Waals surface area contributed by atoms with Crippen LogP contribution in [0.25, 0.3) is 0 Å². The van der Waals surface area contributed by atoms with Crippen molar-refractivity contribution in [1.82, 2.24) is 4.98 Å². The Kier molecular flexibility index (Phi) is 2.68. The maximum Gasteiger partial charge on any atom is 0.244 e. The number of aromatic nitrogens is 1. The van der Waals surface area contributed by atoms with E-state index in [0.717, 1.165) is 10.6 Å². The molecule has 3 rings (SSSR count). The number of amides is 1. The molecule has 2 aromatic rings. The number of anilines is 2. The van der Waals surface area contributed by atoms with Crippen LogP contribution in [-0.2, 0) is 4.79 Å². The Morgan fingerprint density at radius 1 is 1.22 bits per heavy atom. The maximum absolute atomic E-state index is 12.1. The number of pyridine rings is 1. The van der Waals surface area contributed by atoms with E-state index < -0.39 is 0 Å². The summed E-state index contributed by atoms with van der Waals surface area (Å²) in [5, 5.41) is 2.53.